The van der Waals surface area contributed by atoms with Crippen molar-refractivity contribution < 1.29 is 124 Å². The van der Waals surface area contributed by atoms with Gasteiger partial charge in [-0.1, -0.05) is 6.08 Å². The minimum absolute atomic E-state index is 0.0182. The monoisotopic (exact) mass is 1000 g/mol. The van der Waals surface area contributed by atoms with Crippen LogP contribution in [0.5, 0.6) is 0 Å². The number of methoxy groups -OCH3 is 2. The number of hydrogen-bond donors (Lipinski definition) is 14. The minimum atomic E-state index is -1.97. The molecule has 7 fully saturated rings. The molecule has 25 heteroatoms. The summed E-state index contributed by atoms with van der Waals surface area (Å²) in [6.45, 7) is -2.19. The molecule has 3 saturated carbocycles. The third-order valence-corrected chi connectivity index (χ3v) is 15.1. The summed E-state index contributed by atoms with van der Waals surface area (Å²) in [5.74, 6) is -2.19. The van der Waals surface area contributed by atoms with Crippen LogP contribution in [0.1, 0.15) is 51.4 Å². The van der Waals surface area contributed by atoms with Crippen LogP contribution in [0.4, 0.5) is 0 Å². The van der Waals surface area contributed by atoms with Crippen molar-refractivity contribution >= 4 is 5.97 Å². The second-order valence-corrected chi connectivity index (χ2v) is 19.6. The van der Waals surface area contributed by atoms with Crippen molar-refractivity contribution in [2.75, 3.05) is 34.0 Å². The number of hydrogen-bond acceptors (Lipinski definition) is 24. The van der Waals surface area contributed by atoms with Gasteiger partial charge >= 0.3 is 5.97 Å². The van der Waals surface area contributed by atoms with E-state index in [2.05, 4.69) is 0 Å². The van der Waals surface area contributed by atoms with Gasteiger partial charge in [0.2, 0.25) is 0 Å². The molecule has 26 unspecified atom stereocenters. The zero-order chi connectivity index (χ0) is 50.0. The molecule has 0 aromatic rings. The van der Waals surface area contributed by atoms with Crippen molar-refractivity contribution in [2.24, 2.45) is 17.8 Å². The number of aliphatic hydroxyl groups is 16. The van der Waals surface area contributed by atoms with Crippen LogP contribution in [0.3, 0.4) is 0 Å². The molecule has 0 bridgehead atoms. The molecular weight excluding hydrogens is 928 g/mol. The SMILES string of the molecule is COC1CC(C=CC(=O)OCC2OC(OC3CC4C(OC5OC(CO)C(O)C(O)C5O)CC(O)CC4[OH+]C3C3CCC(O)C(O)C3)C(OC3OC(CO)C(O)C(O)C3O)C(O)C2O)CC(OC)C1O. The average molecular weight is 1000 g/mol. The van der Waals surface area contributed by atoms with E-state index in [9.17, 15) is 76.3 Å². The van der Waals surface area contributed by atoms with Gasteiger partial charge in [0.1, 0.15) is 92.1 Å². The van der Waals surface area contributed by atoms with Crippen molar-refractivity contribution in [3.8, 4) is 0 Å². The van der Waals surface area contributed by atoms with Gasteiger partial charge < -0.3 is 119 Å². The summed E-state index contributed by atoms with van der Waals surface area (Å²) < 4.78 is 57.9. The molecule has 4 saturated heterocycles. The fourth-order valence-electron chi connectivity index (χ4n) is 11.1. The normalized spacial score (nSPS) is 51.0. The predicted octanol–water partition coefficient (Wildman–Crippen LogP) is -6.95. The highest BCUT2D eigenvalue weighted by atomic mass is 16.8. The Morgan fingerprint density at radius 1 is 0.565 bits per heavy atom. The fourth-order valence-corrected chi connectivity index (χ4v) is 11.1. The average Bonchev–Trinajstić information content (AvgIpc) is 3.33. The second-order valence-electron chi connectivity index (χ2n) is 19.6. The largest absolute Gasteiger partial charge is 0.460 e. The van der Waals surface area contributed by atoms with Crippen molar-refractivity contribution in [3.63, 3.8) is 0 Å². The number of carbonyl (C=O) groups excluding carboxylic acids is 1. The van der Waals surface area contributed by atoms with Crippen LogP contribution in [0, 0.1) is 17.8 Å². The van der Waals surface area contributed by atoms with Gasteiger partial charge in [-0.05, 0) is 44.4 Å². The summed E-state index contributed by atoms with van der Waals surface area (Å²) >= 11 is 0. The molecule has 4 aliphatic heterocycles. The lowest BCUT2D eigenvalue weighted by Crippen LogP contribution is -2.66. The zero-order valence-electron chi connectivity index (χ0n) is 38.4. The summed E-state index contributed by atoms with van der Waals surface area (Å²) in [5, 5.41) is 150. The first-order valence-electron chi connectivity index (χ1n) is 23.8. The molecule has 0 spiro atoms. The highest BCUT2D eigenvalue weighted by Gasteiger charge is 2.58. The number of fused-ring (bicyclic) bond motifs is 1. The Morgan fingerprint density at radius 3 is 1.71 bits per heavy atom. The number of rotatable bonds is 15. The first-order valence-corrected chi connectivity index (χ1v) is 23.8. The molecule has 0 aromatic heterocycles. The van der Waals surface area contributed by atoms with E-state index in [1.165, 1.54) is 14.2 Å². The molecule has 7 aliphatic rings. The van der Waals surface area contributed by atoms with E-state index in [0.29, 0.717) is 19.3 Å². The third kappa shape index (κ3) is 12.3. The predicted molar refractivity (Wildman–Crippen MR) is 226 cm³/mol. The second kappa shape index (κ2) is 24.1. The molecule has 0 aromatic carbocycles. The van der Waals surface area contributed by atoms with Gasteiger partial charge in [0.15, 0.2) is 31.1 Å². The summed E-state index contributed by atoms with van der Waals surface area (Å²) in [5.41, 5.74) is 0. The molecule has 7 rings (SSSR count). The Balaban J connectivity index is 1.15. The molecule has 3 aliphatic carbocycles. The van der Waals surface area contributed by atoms with Gasteiger partial charge in [0.05, 0.1) is 55.8 Å². The molecule has 0 radical (unpaired) electrons. The summed E-state index contributed by atoms with van der Waals surface area (Å²) in [4.78, 5) is 13.1. The van der Waals surface area contributed by atoms with Gasteiger partial charge in [-0.2, -0.15) is 0 Å². The Labute approximate surface area is 397 Å². The first-order chi connectivity index (χ1) is 32.9. The quantitative estimate of drug-likeness (QED) is 0.0412. The van der Waals surface area contributed by atoms with E-state index in [4.69, 9.17) is 47.4 Å². The molecule has 69 heavy (non-hydrogen) atoms. The lowest BCUT2D eigenvalue weighted by atomic mass is 9.72. The first kappa shape index (κ1) is 55.0. The Morgan fingerprint density at radius 2 is 1.13 bits per heavy atom. The van der Waals surface area contributed by atoms with Gasteiger partial charge in [-0.3, -0.25) is 0 Å². The van der Waals surface area contributed by atoms with E-state index < -0.39 is 191 Å². The maximum atomic E-state index is 13.1. The minimum Gasteiger partial charge on any atom is -0.460 e. The van der Waals surface area contributed by atoms with E-state index in [1.807, 2.05) is 0 Å². The van der Waals surface area contributed by atoms with Gasteiger partial charge in [0.25, 0.3) is 0 Å². The number of ether oxygens (including phenoxy) is 10. The standard InChI is InChI=1S/C44H72O25/c1-60-24-7-16(8-25(61-2)31(24)51)3-6-30(50)62-15-29-34(54)37(57)41(69-43-39(59)36(56)33(53)28(14-46)67-43)44(68-29)65-26-12-19-22(63-40(26)17-4-5-20(48)21(49)9-17)10-18(47)11-23(19)64-42-38(58)35(55)32(52)27(13-45)66-42/h3,6,16-29,31-49,51-59H,4-5,7-15H2,1-2H3/p+1. The topological polar surface area (TPSA) is 396 Å². The van der Waals surface area contributed by atoms with Crippen molar-refractivity contribution in [3.05, 3.63) is 12.2 Å². The van der Waals surface area contributed by atoms with Crippen LogP contribution >= 0.6 is 0 Å². The van der Waals surface area contributed by atoms with E-state index in [-0.39, 0.29) is 38.0 Å². The number of esters is 1. The number of allylic oxidation sites excluding steroid dienone is 1. The van der Waals surface area contributed by atoms with Crippen molar-refractivity contribution in [2.45, 2.75) is 205 Å². The molecular formula is C44H73O25+. The van der Waals surface area contributed by atoms with Crippen LogP contribution in [0.25, 0.3) is 0 Å². The van der Waals surface area contributed by atoms with Crippen molar-refractivity contribution in [1.82, 2.24) is 0 Å². The molecule has 25 nitrogen and oxygen atoms in total. The van der Waals surface area contributed by atoms with E-state index in [0.717, 1.165) is 6.08 Å². The van der Waals surface area contributed by atoms with Crippen LogP contribution < -0.4 is 0 Å². The molecule has 0 amide bonds. The number of aliphatic hydroxyl groups excluding tert-OH is 14. The van der Waals surface area contributed by atoms with Crippen LogP contribution in [0.2, 0.25) is 0 Å². The van der Waals surface area contributed by atoms with Crippen LogP contribution in [-0.4, -0.2) is 269 Å². The van der Waals surface area contributed by atoms with E-state index >= 15 is 0 Å². The molecule has 398 valence electrons. The Hall–Kier alpha value is -1.71. The van der Waals surface area contributed by atoms with Crippen LogP contribution in [-0.2, 0) is 47.4 Å². The van der Waals surface area contributed by atoms with Crippen LogP contribution in [0.15, 0.2) is 12.2 Å². The van der Waals surface area contributed by atoms with Gasteiger partial charge in [-0.25, -0.2) is 4.79 Å². The summed E-state index contributed by atoms with van der Waals surface area (Å²) in [6.07, 6.45) is -30.2. The van der Waals surface area contributed by atoms with Crippen molar-refractivity contribution in [1.29, 1.82) is 0 Å². The van der Waals surface area contributed by atoms with Gasteiger partial charge in [-0.15, -0.1) is 0 Å². The maximum absolute atomic E-state index is 13.1. The van der Waals surface area contributed by atoms with Gasteiger partial charge in [0, 0.05) is 39.1 Å². The smallest absolute Gasteiger partial charge is 0.330 e. The fraction of sp³-hybridized carbons (Fsp3) is 0.932. The Kier molecular flexibility index (Phi) is 19.2. The summed E-state index contributed by atoms with van der Waals surface area (Å²) in [7, 11) is 2.90. The van der Waals surface area contributed by atoms with E-state index in [1.54, 1.807) is 6.08 Å². The molecule has 26 atom stereocenters. The molecule has 15 N–H and O–H groups in total. The lowest BCUT2D eigenvalue weighted by Gasteiger charge is -2.50. The lowest BCUT2D eigenvalue weighted by molar-refractivity contribution is -0.390. The zero-order valence-corrected chi connectivity index (χ0v) is 38.4. The highest BCUT2D eigenvalue weighted by molar-refractivity contribution is 5.81. The molecule has 4 heterocycles. The summed E-state index contributed by atoms with van der Waals surface area (Å²) in [6, 6.07) is 0. The Bertz CT molecular complexity index is 1630. The maximum Gasteiger partial charge on any atom is 0.330 e. The number of carbonyl (C=O) groups is 1. The third-order valence-electron chi connectivity index (χ3n) is 15.1. The highest BCUT2D eigenvalue weighted by Crippen LogP contribution is 2.44.